The summed E-state index contributed by atoms with van der Waals surface area (Å²) in [7, 11) is 3.53. The number of amides is 2. The Morgan fingerprint density at radius 2 is 2.03 bits per heavy atom. The van der Waals surface area contributed by atoms with Gasteiger partial charge in [-0.15, -0.1) is 11.3 Å². The smallest absolute Gasteiger partial charge is 0.273 e. The van der Waals surface area contributed by atoms with Crippen molar-refractivity contribution in [3.8, 4) is 5.75 Å². The molecule has 0 bridgehead atoms. The van der Waals surface area contributed by atoms with Crippen LogP contribution in [0.5, 0.6) is 5.75 Å². The van der Waals surface area contributed by atoms with E-state index in [0.717, 1.165) is 29.2 Å². The molecule has 0 radical (unpaired) electrons. The molecule has 0 spiro atoms. The molecule has 1 fully saturated rings. The fourth-order valence-electron chi connectivity index (χ4n) is 4.62. The van der Waals surface area contributed by atoms with Gasteiger partial charge >= 0.3 is 0 Å². The SMILES string of the molecule is COc1cccc(C[C@H](C2CCN(C(=O)c3csc(C)n3)CC2)N(C)C(=O)c2cccnc2)c1. The molecule has 7 nitrogen and oxygen atoms in total. The van der Waals surface area contributed by atoms with Gasteiger partial charge in [0.1, 0.15) is 11.4 Å². The number of nitrogens with zero attached hydrogens (tertiary/aromatic N) is 4. The average Bonchev–Trinajstić information content (AvgIpc) is 3.33. The van der Waals surface area contributed by atoms with Gasteiger partial charge in [-0.1, -0.05) is 12.1 Å². The third-order valence-electron chi connectivity index (χ3n) is 6.51. The highest BCUT2D eigenvalue weighted by Gasteiger charge is 2.33. The average molecular weight is 479 g/mol. The van der Waals surface area contributed by atoms with Gasteiger partial charge in [0, 0.05) is 44.0 Å². The van der Waals surface area contributed by atoms with Crippen LogP contribution in [0.2, 0.25) is 0 Å². The molecule has 0 aliphatic carbocycles. The summed E-state index contributed by atoms with van der Waals surface area (Å²) in [6, 6.07) is 11.6. The second-order valence-electron chi connectivity index (χ2n) is 8.66. The van der Waals surface area contributed by atoms with Crippen LogP contribution in [0.15, 0.2) is 54.2 Å². The van der Waals surface area contributed by atoms with Crippen LogP contribution in [-0.4, -0.2) is 64.9 Å². The molecule has 2 amide bonds. The molecular weight excluding hydrogens is 448 g/mol. The summed E-state index contributed by atoms with van der Waals surface area (Å²) < 4.78 is 5.41. The summed E-state index contributed by atoms with van der Waals surface area (Å²) in [6.07, 6.45) is 5.64. The zero-order valence-electron chi connectivity index (χ0n) is 19.8. The number of carbonyl (C=O) groups is 2. The predicted molar refractivity (Wildman–Crippen MR) is 132 cm³/mol. The normalized spacial score (nSPS) is 15.1. The molecule has 2 aromatic heterocycles. The van der Waals surface area contributed by atoms with Crippen molar-refractivity contribution in [1.29, 1.82) is 0 Å². The number of thiazole rings is 1. The number of likely N-dealkylation sites (tertiary alicyclic amines) is 1. The Morgan fingerprint density at radius 1 is 1.24 bits per heavy atom. The molecule has 1 saturated heterocycles. The molecule has 1 atom stereocenters. The van der Waals surface area contributed by atoms with Gasteiger partial charge in [0.25, 0.3) is 11.8 Å². The molecule has 3 heterocycles. The summed E-state index contributed by atoms with van der Waals surface area (Å²) in [4.78, 5) is 38.4. The lowest BCUT2D eigenvalue weighted by Gasteiger charge is -2.40. The third-order valence-corrected chi connectivity index (χ3v) is 7.29. The number of ether oxygens (including phenoxy) is 1. The maximum absolute atomic E-state index is 13.3. The van der Waals surface area contributed by atoms with Gasteiger partial charge < -0.3 is 14.5 Å². The number of benzene rings is 1. The Labute approximate surface area is 204 Å². The minimum absolute atomic E-state index is 0.00747. The van der Waals surface area contributed by atoms with E-state index < -0.39 is 0 Å². The standard InChI is InChI=1S/C26H30N4O3S/c1-18-28-23(17-34-18)26(32)30-12-9-20(10-13-30)24(15-19-6-4-8-22(14-19)33-3)29(2)25(31)21-7-5-11-27-16-21/h4-8,11,14,16-17,20,24H,9-10,12-13,15H2,1-3H3/t24-/m1/s1. The van der Waals surface area contributed by atoms with Crippen LogP contribution in [0, 0.1) is 12.8 Å². The van der Waals surface area contributed by atoms with Gasteiger partial charge in [0.15, 0.2) is 0 Å². The maximum Gasteiger partial charge on any atom is 0.273 e. The van der Waals surface area contributed by atoms with Crippen LogP contribution in [-0.2, 0) is 6.42 Å². The molecule has 1 aromatic carbocycles. The van der Waals surface area contributed by atoms with Crippen molar-refractivity contribution >= 4 is 23.2 Å². The van der Waals surface area contributed by atoms with E-state index in [1.54, 1.807) is 31.6 Å². The Bertz CT molecular complexity index is 1130. The van der Waals surface area contributed by atoms with E-state index in [1.807, 2.05) is 47.4 Å². The van der Waals surface area contributed by atoms with Crippen molar-refractivity contribution in [1.82, 2.24) is 19.8 Å². The molecule has 1 aliphatic heterocycles. The van der Waals surface area contributed by atoms with E-state index in [2.05, 4.69) is 16.0 Å². The van der Waals surface area contributed by atoms with Crippen molar-refractivity contribution in [2.24, 2.45) is 5.92 Å². The van der Waals surface area contributed by atoms with Gasteiger partial charge in [-0.2, -0.15) is 0 Å². The Hall–Kier alpha value is -3.26. The number of hydrogen-bond donors (Lipinski definition) is 0. The number of methoxy groups -OCH3 is 1. The second-order valence-corrected chi connectivity index (χ2v) is 9.72. The number of hydrogen-bond acceptors (Lipinski definition) is 6. The highest BCUT2D eigenvalue weighted by Crippen LogP contribution is 2.29. The number of rotatable bonds is 7. The van der Waals surface area contributed by atoms with Crippen molar-refractivity contribution in [3.05, 3.63) is 76.0 Å². The fraction of sp³-hybridized carbons (Fsp3) is 0.385. The number of pyridine rings is 1. The molecule has 4 rings (SSSR count). The first-order valence-electron chi connectivity index (χ1n) is 11.5. The van der Waals surface area contributed by atoms with Gasteiger partial charge in [-0.3, -0.25) is 14.6 Å². The minimum Gasteiger partial charge on any atom is -0.497 e. The molecule has 0 unspecified atom stereocenters. The lowest BCUT2D eigenvalue weighted by molar-refractivity contribution is 0.0520. The van der Waals surface area contributed by atoms with Gasteiger partial charge in [0.05, 0.1) is 17.7 Å². The van der Waals surface area contributed by atoms with Crippen LogP contribution in [0.1, 0.15) is 44.3 Å². The lowest BCUT2D eigenvalue weighted by atomic mass is 9.84. The largest absolute Gasteiger partial charge is 0.497 e. The zero-order chi connectivity index (χ0) is 24.1. The van der Waals surface area contributed by atoms with Crippen LogP contribution >= 0.6 is 11.3 Å². The van der Waals surface area contributed by atoms with Crippen LogP contribution in [0.25, 0.3) is 0 Å². The van der Waals surface area contributed by atoms with E-state index in [1.165, 1.54) is 11.3 Å². The lowest BCUT2D eigenvalue weighted by Crippen LogP contribution is -2.48. The summed E-state index contributed by atoms with van der Waals surface area (Å²) in [5.74, 6) is 1.01. The monoisotopic (exact) mass is 478 g/mol. The van der Waals surface area contributed by atoms with Gasteiger partial charge in [-0.25, -0.2) is 4.98 Å². The molecule has 8 heteroatoms. The fourth-order valence-corrected chi connectivity index (χ4v) is 5.20. The predicted octanol–water partition coefficient (Wildman–Crippen LogP) is 4.09. The number of aryl methyl sites for hydroxylation is 1. The Balaban J connectivity index is 1.51. The third kappa shape index (κ3) is 5.44. The number of piperidine rings is 1. The Kier molecular flexibility index (Phi) is 7.57. The van der Waals surface area contributed by atoms with Crippen molar-refractivity contribution in [3.63, 3.8) is 0 Å². The van der Waals surface area contributed by atoms with E-state index in [0.29, 0.717) is 30.8 Å². The highest BCUT2D eigenvalue weighted by molar-refractivity contribution is 7.09. The quantitative estimate of drug-likeness (QED) is 0.511. The van der Waals surface area contributed by atoms with E-state index in [4.69, 9.17) is 4.74 Å². The first-order valence-corrected chi connectivity index (χ1v) is 12.4. The van der Waals surface area contributed by atoms with E-state index in [-0.39, 0.29) is 23.8 Å². The minimum atomic E-state index is -0.0440. The van der Waals surface area contributed by atoms with Crippen LogP contribution in [0.4, 0.5) is 0 Å². The first kappa shape index (κ1) is 23.9. The molecular formula is C26H30N4O3S. The molecule has 1 aliphatic rings. The van der Waals surface area contributed by atoms with Crippen molar-refractivity contribution in [2.45, 2.75) is 32.2 Å². The molecule has 0 saturated carbocycles. The molecule has 0 N–H and O–H groups in total. The van der Waals surface area contributed by atoms with E-state index >= 15 is 0 Å². The summed E-state index contributed by atoms with van der Waals surface area (Å²) in [5.41, 5.74) is 2.22. The summed E-state index contributed by atoms with van der Waals surface area (Å²) in [5, 5.41) is 2.72. The number of carbonyl (C=O) groups excluding carboxylic acids is 2. The topological polar surface area (TPSA) is 75.6 Å². The Morgan fingerprint density at radius 3 is 2.68 bits per heavy atom. The maximum atomic E-state index is 13.3. The molecule has 3 aromatic rings. The summed E-state index contributed by atoms with van der Waals surface area (Å²) >= 11 is 1.49. The van der Waals surface area contributed by atoms with Gasteiger partial charge in [-0.05, 0) is 61.9 Å². The van der Waals surface area contributed by atoms with Crippen LogP contribution in [0.3, 0.4) is 0 Å². The molecule has 34 heavy (non-hydrogen) atoms. The second kappa shape index (κ2) is 10.8. The number of likely N-dealkylation sites (N-methyl/N-ethyl adjacent to an activating group) is 1. The summed E-state index contributed by atoms with van der Waals surface area (Å²) in [6.45, 7) is 3.22. The van der Waals surface area contributed by atoms with E-state index in [9.17, 15) is 9.59 Å². The van der Waals surface area contributed by atoms with Crippen molar-refractivity contribution in [2.75, 3.05) is 27.2 Å². The first-order chi connectivity index (χ1) is 16.5. The van der Waals surface area contributed by atoms with Crippen molar-refractivity contribution < 1.29 is 14.3 Å². The van der Waals surface area contributed by atoms with Gasteiger partial charge in [0.2, 0.25) is 0 Å². The molecule has 178 valence electrons. The van der Waals surface area contributed by atoms with Crippen LogP contribution < -0.4 is 4.74 Å². The highest BCUT2D eigenvalue weighted by atomic mass is 32.1. The number of aromatic nitrogens is 2. The zero-order valence-corrected chi connectivity index (χ0v) is 20.6.